The van der Waals surface area contributed by atoms with Crippen LogP contribution in [0, 0.1) is 5.92 Å². The number of amides is 1. The molecule has 1 aliphatic carbocycles. The van der Waals surface area contributed by atoms with Crippen molar-refractivity contribution in [3.8, 4) is 22.4 Å². The minimum absolute atomic E-state index is 0.171. The molecule has 0 atom stereocenters. The van der Waals surface area contributed by atoms with Gasteiger partial charge in [0, 0.05) is 61.2 Å². The minimum atomic E-state index is -4.42. The Morgan fingerprint density at radius 2 is 1.69 bits per heavy atom. The lowest BCUT2D eigenvalue weighted by Gasteiger charge is -2.38. The van der Waals surface area contributed by atoms with E-state index in [1.807, 2.05) is 11.0 Å². The second-order valence-corrected chi connectivity index (χ2v) is 9.24. The molecule has 0 bridgehead atoms. The van der Waals surface area contributed by atoms with Crippen LogP contribution in [0.2, 0.25) is 5.02 Å². The number of hydrogen-bond acceptors (Lipinski definition) is 5. The Balaban J connectivity index is 1.45. The van der Waals surface area contributed by atoms with E-state index >= 15 is 0 Å². The van der Waals surface area contributed by atoms with Crippen LogP contribution in [-0.4, -0.2) is 52.2 Å². The zero-order valence-corrected chi connectivity index (χ0v) is 19.6. The van der Waals surface area contributed by atoms with Crippen LogP contribution in [0.5, 0.6) is 0 Å². The first-order valence-corrected chi connectivity index (χ1v) is 11.9. The normalized spacial score (nSPS) is 16.8. The van der Waals surface area contributed by atoms with Gasteiger partial charge in [0.05, 0.1) is 10.6 Å². The molecule has 0 spiro atoms. The first-order chi connectivity index (χ1) is 16.8. The molecule has 1 saturated carbocycles. The molecule has 1 aliphatic heterocycles. The van der Waals surface area contributed by atoms with Gasteiger partial charge < -0.3 is 9.80 Å². The van der Waals surface area contributed by atoms with Gasteiger partial charge in [-0.25, -0.2) is 0 Å². The summed E-state index contributed by atoms with van der Waals surface area (Å²) in [6.07, 6.45) is 1.77. The molecular weight excluding hydrogens is 479 g/mol. The highest BCUT2D eigenvalue weighted by atomic mass is 35.5. The van der Waals surface area contributed by atoms with Crippen LogP contribution < -0.4 is 4.90 Å². The lowest BCUT2D eigenvalue weighted by Crippen LogP contribution is -2.51. The van der Waals surface area contributed by atoms with Gasteiger partial charge in [0.25, 0.3) is 0 Å². The number of benzene rings is 1. The largest absolute Gasteiger partial charge is 0.416 e. The summed E-state index contributed by atoms with van der Waals surface area (Å²) in [7, 11) is 0. The molecule has 1 aromatic carbocycles. The number of nitrogens with zero attached hydrogens (tertiary/aromatic N) is 5. The van der Waals surface area contributed by atoms with E-state index in [2.05, 4.69) is 20.1 Å². The van der Waals surface area contributed by atoms with E-state index in [9.17, 15) is 18.0 Å². The number of carbonyl (C=O) groups is 1. The van der Waals surface area contributed by atoms with E-state index in [1.165, 1.54) is 18.3 Å². The number of alkyl halides is 3. The maximum atomic E-state index is 13.0. The smallest absolute Gasteiger partial charge is 0.352 e. The summed E-state index contributed by atoms with van der Waals surface area (Å²) in [4.78, 5) is 20.6. The number of halogens is 4. The average molecular weight is 502 g/mol. The number of piperazine rings is 1. The minimum Gasteiger partial charge on any atom is -0.352 e. The highest BCUT2D eigenvalue weighted by Gasteiger charge is 2.32. The molecule has 1 amide bonds. The van der Waals surface area contributed by atoms with Crippen LogP contribution in [0.3, 0.4) is 0 Å². The molecule has 2 aliphatic rings. The van der Waals surface area contributed by atoms with Crippen molar-refractivity contribution < 1.29 is 18.0 Å². The molecule has 3 heterocycles. The monoisotopic (exact) mass is 501 g/mol. The van der Waals surface area contributed by atoms with Crippen LogP contribution in [0.4, 0.5) is 19.0 Å². The van der Waals surface area contributed by atoms with E-state index in [0.717, 1.165) is 31.4 Å². The molecule has 3 aromatic rings. The molecule has 6 nitrogen and oxygen atoms in total. The molecule has 2 aromatic heterocycles. The molecule has 0 N–H and O–H groups in total. The van der Waals surface area contributed by atoms with Crippen molar-refractivity contribution in [3.63, 3.8) is 0 Å². The maximum Gasteiger partial charge on any atom is 0.416 e. The Morgan fingerprint density at radius 1 is 0.971 bits per heavy atom. The molecule has 0 radical (unpaired) electrons. The summed E-state index contributed by atoms with van der Waals surface area (Å²) < 4.78 is 39.1. The van der Waals surface area contributed by atoms with Gasteiger partial charge >= 0.3 is 6.18 Å². The standard InChI is InChI=1S/C25H23ClF3N5O/c26-21-15-30-9-8-19(21)20-14-22(33-10-12-34(13-11-33)24(35)17-2-1-3-17)31-32-23(20)16-4-6-18(7-5-16)25(27,28)29/h4-9,14-15,17H,1-3,10-13H2. The van der Waals surface area contributed by atoms with Crippen LogP contribution in [0.25, 0.3) is 22.4 Å². The molecule has 1 saturated heterocycles. The molecule has 35 heavy (non-hydrogen) atoms. The van der Waals surface area contributed by atoms with E-state index in [4.69, 9.17) is 11.6 Å². The summed E-state index contributed by atoms with van der Waals surface area (Å²) in [6, 6.07) is 8.42. The lowest BCUT2D eigenvalue weighted by molar-refractivity contribution is -0.138. The third-order valence-electron chi connectivity index (χ3n) is 6.70. The van der Waals surface area contributed by atoms with E-state index in [0.29, 0.717) is 59.4 Å². The summed E-state index contributed by atoms with van der Waals surface area (Å²) in [5.41, 5.74) is 1.50. The fourth-order valence-electron chi connectivity index (χ4n) is 4.43. The van der Waals surface area contributed by atoms with Crippen molar-refractivity contribution in [2.24, 2.45) is 5.92 Å². The second-order valence-electron chi connectivity index (χ2n) is 8.84. The van der Waals surface area contributed by atoms with Gasteiger partial charge in [0.15, 0.2) is 5.82 Å². The van der Waals surface area contributed by atoms with Gasteiger partial charge in [-0.15, -0.1) is 10.2 Å². The molecule has 2 fully saturated rings. The SMILES string of the molecule is O=C(C1CCC1)N1CCN(c2cc(-c3ccncc3Cl)c(-c3ccc(C(F)(F)F)cc3)nn2)CC1. The summed E-state index contributed by atoms with van der Waals surface area (Å²) in [6.45, 7) is 2.47. The predicted octanol–water partition coefficient (Wildman–Crippen LogP) is 5.33. The third-order valence-corrected chi connectivity index (χ3v) is 7.00. The van der Waals surface area contributed by atoms with Crippen molar-refractivity contribution in [1.82, 2.24) is 20.1 Å². The first kappa shape index (κ1) is 23.5. The van der Waals surface area contributed by atoms with Gasteiger partial charge in [-0.3, -0.25) is 9.78 Å². The molecule has 0 unspecified atom stereocenters. The van der Waals surface area contributed by atoms with Gasteiger partial charge in [-0.05, 0) is 37.1 Å². The number of rotatable bonds is 4. The topological polar surface area (TPSA) is 62.2 Å². The van der Waals surface area contributed by atoms with E-state index in [1.54, 1.807) is 12.3 Å². The fraction of sp³-hybridized carbons (Fsp3) is 0.360. The molecule has 10 heteroatoms. The highest BCUT2D eigenvalue weighted by molar-refractivity contribution is 6.33. The molecular formula is C25H23ClF3N5O. The highest BCUT2D eigenvalue weighted by Crippen LogP contribution is 2.37. The van der Waals surface area contributed by atoms with Gasteiger partial charge in [-0.2, -0.15) is 13.2 Å². The number of hydrogen-bond donors (Lipinski definition) is 0. The zero-order valence-electron chi connectivity index (χ0n) is 18.8. The number of aromatic nitrogens is 3. The van der Waals surface area contributed by atoms with Crippen molar-refractivity contribution in [2.75, 3.05) is 31.1 Å². The molecule has 5 rings (SSSR count). The van der Waals surface area contributed by atoms with Gasteiger partial charge in [-0.1, -0.05) is 30.2 Å². The van der Waals surface area contributed by atoms with Crippen LogP contribution in [0.1, 0.15) is 24.8 Å². The van der Waals surface area contributed by atoms with Gasteiger partial charge in [0.2, 0.25) is 5.91 Å². The Hall–Kier alpha value is -3.20. The summed E-state index contributed by atoms with van der Waals surface area (Å²) in [5, 5.41) is 9.19. The summed E-state index contributed by atoms with van der Waals surface area (Å²) in [5.74, 6) is 1.04. The Bertz CT molecular complexity index is 1220. The Labute approximate surface area is 205 Å². The third kappa shape index (κ3) is 4.82. The Kier molecular flexibility index (Phi) is 6.35. The van der Waals surface area contributed by atoms with Crippen molar-refractivity contribution in [3.05, 3.63) is 59.4 Å². The second kappa shape index (κ2) is 9.45. The van der Waals surface area contributed by atoms with E-state index in [-0.39, 0.29) is 11.8 Å². The number of carbonyl (C=O) groups excluding carboxylic acids is 1. The number of pyridine rings is 1. The molecule has 182 valence electrons. The fourth-order valence-corrected chi connectivity index (χ4v) is 4.66. The Morgan fingerprint density at radius 3 is 2.29 bits per heavy atom. The maximum absolute atomic E-state index is 13.0. The first-order valence-electron chi connectivity index (χ1n) is 11.5. The average Bonchev–Trinajstić information content (AvgIpc) is 2.83. The van der Waals surface area contributed by atoms with Crippen LogP contribution in [0.15, 0.2) is 48.8 Å². The van der Waals surface area contributed by atoms with Crippen molar-refractivity contribution in [2.45, 2.75) is 25.4 Å². The summed E-state index contributed by atoms with van der Waals surface area (Å²) >= 11 is 6.43. The van der Waals surface area contributed by atoms with E-state index < -0.39 is 11.7 Å². The zero-order chi connectivity index (χ0) is 24.6. The van der Waals surface area contributed by atoms with Crippen molar-refractivity contribution >= 4 is 23.3 Å². The van der Waals surface area contributed by atoms with Gasteiger partial charge in [0.1, 0.15) is 5.69 Å². The number of anilines is 1. The van der Waals surface area contributed by atoms with Crippen LogP contribution in [-0.2, 0) is 11.0 Å². The predicted molar refractivity (Wildman–Crippen MR) is 127 cm³/mol. The quantitative estimate of drug-likeness (QED) is 0.484. The lowest BCUT2D eigenvalue weighted by atomic mass is 9.84. The van der Waals surface area contributed by atoms with Crippen molar-refractivity contribution in [1.29, 1.82) is 0 Å². The van der Waals surface area contributed by atoms with Crippen LogP contribution >= 0.6 is 11.6 Å².